The SMILES string of the molecule is CC(C)(C)S(=O)(=O)c1cc(C(=O)O)ccn1.CC(C)(C)Sc1cc(C(=O)NC2CC3(C2)CC(c2nc4cc(Cl)ccc4s2)C3)ccn1. The fourth-order valence-corrected chi connectivity index (χ4v) is 9.12. The van der Waals surface area contributed by atoms with Crippen molar-refractivity contribution in [3.8, 4) is 0 Å². The van der Waals surface area contributed by atoms with Crippen LogP contribution in [0.4, 0.5) is 0 Å². The average molecular weight is 715 g/mol. The first-order valence-corrected chi connectivity index (χ1v) is 18.8. The summed E-state index contributed by atoms with van der Waals surface area (Å²) in [5.41, 5.74) is 2.01. The molecular weight excluding hydrogens is 676 g/mol. The number of halogens is 1. The molecule has 3 aromatic heterocycles. The Morgan fingerprint density at radius 2 is 1.62 bits per heavy atom. The quantitative estimate of drug-likeness (QED) is 0.190. The number of nitrogens with one attached hydrogen (secondary N) is 1. The molecule has 2 aliphatic rings. The van der Waals surface area contributed by atoms with Crippen molar-refractivity contribution >= 4 is 66.6 Å². The van der Waals surface area contributed by atoms with Gasteiger partial charge in [0.2, 0.25) is 0 Å². The lowest BCUT2D eigenvalue weighted by Gasteiger charge is -2.57. The van der Waals surface area contributed by atoms with Gasteiger partial charge < -0.3 is 10.4 Å². The largest absolute Gasteiger partial charge is 0.478 e. The maximum absolute atomic E-state index is 12.7. The van der Waals surface area contributed by atoms with E-state index < -0.39 is 20.6 Å². The number of rotatable bonds is 6. The van der Waals surface area contributed by atoms with Crippen LogP contribution in [0.15, 0.2) is 64.9 Å². The van der Waals surface area contributed by atoms with Gasteiger partial charge in [0.05, 0.1) is 30.6 Å². The Labute approximate surface area is 288 Å². The van der Waals surface area contributed by atoms with E-state index in [1.807, 2.05) is 18.2 Å². The summed E-state index contributed by atoms with van der Waals surface area (Å²) >= 11 is 9.57. The Morgan fingerprint density at radius 3 is 2.26 bits per heavy atom. The van der Waals surface area contributed by atoms with E-state index in [0.29, 0.717) is 16.9 Å². The summed E-state index contributed by atoms with van der Waals surface area (Å²) in [5, 5.41) is 14.6. The van der Waals surface area contributed by atoms with Crippen molar-refractivity contribution in [1.82, 2.24) is 20.3 Å². The fourth-order valence-electron chi connectivity index (χ4n) is 5.87. The molecular formula is C34H39ClN4O5S3. The van der Waals surface area contributed by atoms with Gasteiger partial charge >= 0.3 is 5.97 Å². The van der Waals surface area contributed by atoms with Crippen LogP contribution >= 0.6 is 34.7 Å². The maximum atomic E-state index is 12.7. The van der Waals surface area contributed by atoms with Crippen molar-refractivity contribution < 1.29 is 23.1 Å². The lowest BCUT2D eigenvalue weighted by atomic mass is 9.50. The van der Waals surface area contributed by atoms with Crippen LogP contribution in [-0.4, -0.2) is 55.9 Å². The molecule has 2 aliphatic carbocycles. The predicted octanol–water partition coefficient (Wildman–Crippen LogP) is 8.04. The van der Waals surface area contributed by atoms with Crippen LogP contribution in [0.3, 0.4) is 0 Å². The highest BCUT2D eigenvalue weighted by molar-refractivity contribution is 8.00. The van der Waals surface area contributed by atoms with E-state index in [1.165, 1.54) is 55.6 Å². The molecule has 2 fully saturated rings. The zero-order valence-corrected chi connectivity index (χ0v) is 30.4. The van der Waals surface area contributed by atoms with Crippen molar-refractivity contribution in [2.75, 3.05) is 0 Å². The molecule has 47 heavy (non-hydrogen) atoms. The first-order chi connectivity index (χ1) is 21.8. The first-order valence-electron chi connectivity index (χ1n) is 15.3. The van der Waals surface area contributed by atoms with Crippen molar-refractivity contribution in [2.45, 2.75) is 98.7 Å². The zero-order valence-electron chi connectivity index (χ0n) is 27.2. The normalized spacial score (nSPS) is 20.9. The Bertz CT molecular complexity index is 1920. The van der Waals surface area contributed by atoms with Crippen LogP contribution in [0, 0.1) is 5.41 Å². The molecule has 1 aromatic carbocycles. The van der Waals surface area contributed by atoms with E-state index in [2.05, 4.69) is 42.1 Å². The van der Waals surface area contributed by atoms with Gasteiger partial charge in [0.25, 0.3) is 5.91 Å². The van der Waals surface area contributed by atoms with Gasteiger partial charge in [-0.2, -0.15) is 0 Å². The number of carboxylic acid groups (broad SMARTS) is 1. The summed E-state index contributed by atoms with van der Waals surface area (Å²) < 4.78 is 24.2. The lowest BCUT2D eigenvalue weighted by Crippen LogP contribution is -2.55. The minimum Gasteiger partial charge on any atom is -0.478 e. The second-order valence-electron chi connectivity index (χ2n) is 14.2. The van der Waals surface area contributed by atoms with Crippen molar-refractivity contribution in [2.24, 2.45) is 5.41 Å². The summed E-state index contributed by atoms with van der Waals surface area (Å²) in [6, 6.07) is 12.2. The number of nitrogens with zero attached hydrogens (tertiary/aromatic N) is 3. The molecule has 3 heterocycles. The summed E-state index contributed by atoms with van der Waals surface area (Å²) in [7, 11) is -3.61. The first kappa shape index (κ1) is 35.3. The summed E-state index contributed by atoms with van der Waals surface area (Å²) in [4.78, 5) is 36.4. The summed E-state index contributed by atoms with van der Waals surface area (Å²) in [5.74, 6) is -0.616. The highest BCUT2D eigenvalue weighted by Crippen LogP contribution is 2.62. The van der Waals surface area contributed by atoms with E-state index in [-0.39, 0.29) is 27.3 Å². The van der Waals surface area contributed by atoms with Gasteiger partial charge in [0, 0.05) is 39.7 Å². The van der Waals surface area contributed by atoms with Gasteiger partial charge in [-0.05, 0) is 94.3 Å². The number of fused-ring (bicyclic) bond motifs is 1. The standard InChI is InChI=1S/C24H26ClN3OS2.C10H13NO4S/c1-23(2,3)31-20-8-14(6-7-26-20)21(29)27-17-12-24(13-17)10-15(11-24)22-28-18-9-16(25)4-5-19(18)30-22;1-10(2,3)16(14,15)8-6-7(9(12)13)4-5-11-8/h4-9,15,17H,10-13H2,1-3H3,(H,27,29);4-6H,1-3H3,(H,12,13). The molecule has 2 N–H and O–H groups in total. The number of benzene rings is 1. The van der Waals surface area contributed by atoms with Crippen LogP contribution in [0.5, 0.6) is 0 Å². The third kappa shape index (κ3) is 8.16. The molecule has 13 heteroatoms. The smallest absolute Gasteiger partial charge is 0.335 e. The van der Waals surface area contributed by atoms with E-state index in [9.17, 15) is 18.0 Å². The molecule has 4 aromatic rings. The minimum absolute atomic E-state index is 0.0111. The number of amides is 1. The Morgan fingerprint density at radius 1 is 0.957 bits per heavy atom. The lowest BCUT2D eigenvalue weighted by molar-refractivity contribution is -0.0187. The van der Waals surface area contributed by atoms with Gasteiger partial charge in [0.15, 0.2) is 14.9 Å². The van der Waals surface area contributed by atoms with Crippen LogP contribution in [0.1, 0.15) is 98.9 Å². The molecule has 1 spiro atoms. The molecule has 6 rings (SSSR count). The number of carboxylic acids is 1. The number of hydrogen-bond acceptors (Lipinski definition) is 9. The van der Waals surface area contributed by atoms with Crippen LogP contribution < -0.4 is 5.32 Å². The molecule has 0 atom stereocenters. The Balaban J connectivity index is 0.000000230. The fraction of sp³-hybridized carbons (Fsp3) is 0.441. The van der Waals surface area contributed by atoms with E-state index in [4.69, 9.17) is 21.7 Å². The van der Waals surface area contributed by atoms with Crippen LogP contribution in [0.25, 0.3) is 10.2 Å². The van der Waals surface area contributed by atoms with Crippen molar-refractivity contribution in [1.29, 1.82) is 0 Å². The topological polar surface area (TPSA) is 139 Å². The Hall–Kier alpha value is -3.06. The number of carbonyl (C=O) groups is 2. The third-order valence-corrected chi connectivity index (χ3v) is 13.1. The Kier molecular flexibility index (Phi) is 9.82. The second kappa shape index (κ2) is 13.1. The molecule has 0 unspecified atom stereocenters. The van der Waals surface area contributed by atoms with Crippen molar-refractivity contribution in [3.05, 3.63) is 76.0 Å². The summed E-state index contributed by atoms with van der Waals surface area (Å²) in [6.07, 6.45) is 7.40. The molecule has 0 saturated heterocycles. The highest BCUT2D eigenvalue weighted by Gasteiger charge is 2.54. The molecule has 2 saturated carbocycles. The average Bonchev–Trinajstić information content (AvgIpc) is 3.35. The van der Waals surface area contributed by atoms with E-state index in [1.54, 1.807) is 35.4 Å². The number of carbonyl (C=O) groups excluding carboxylic acids is 1. The molecule has 1 amide bonds. The predicted molar refractivity (Wildman–Crippen MR) is 188 cm³/mol. The zero-order chi connectivity index (χ0) is 34.4. The molecule has 0 bridgehead atoms. The van der Waals surface area contributed by atoms with Gasteiger partial charge in [-0.3, -0.25) is 4.79 Å². The highest BCUT2D eigenvalue weighted by atomic mass is 35.5. The van der Waals surface area contributed by atoms with Gasteiger partial charge in [0.1, 0.15) is 0 Å². The number of thioether (sulfide) groups is 1. The number of pyridine rings is 2. The molecule has 250 valence electrons. The molecule has 0 radical (unpaired) electrons. The van der Waals surface area contributed by atoms with E-state index in [0.717, 1.165) is 34.5 Å². The van der Waals surface area contributed by atoms with E-state index >= 15 is 0 Å². The maximum Gasteiger partial charge on any atom is 0.335 e. The molecule has 9 nitrogen and oxygen atoms in total. The number of sulfone groups is 1. The second-order valence-corrected chi connectivity index (χ2v) is 20.2. The number of aromatic carboxylic acids is 1. The number of aromatic nitrogens is 3. The van der Waals surface area contributed by atoms with Crippen LogP contribution in [-0.2, 0) is 9.84 Å². The van der Waals surface area contributed by atoms with Gasteiger partial charge in [-0.25, -0.2) is 28.2 Å². The van der Waals surface area contributed by atoms with Crippen molar-refractivity contribution in [3.63, 3.8) is 0 Å². The number of hydrogen-bond donors (Lipinski definition) is 2. The minimum atomic E-state index is -3.61. The monoisotopic (exact) mass is 714 g/mol. The summed E-state index contributed by atoms with van der Waals surface area (Å²) in [6.45, 7) is 11.1. The van der Waals surface area contributed by atoms with Crippen LogP contribution in [0.2, 0.25) is 5.02 Å². The molecule has 0 aliphatic heterocycles. The van der Waals surface area contributed by atoms with Gasteiger partial charge in [-0.15, -0.1) is 23.1 Å². The van der Waals surface area contributed by atoms with Gasteiger partial charge in [-0.1, -0.05) is 32.4 Å². The third-order valence-electron chi connectivity index (χ3n) is 8.24. The number of thiazole rings is 1.